The van der Waals surface area contributed by atoms with Gasteiger partial charge in [0.25, 0.3) is 0 Å². The lowest BCUT2D eigenvalue weighted by Crippen LogP contribution is -2.60. The van der Waals surface area contributed by atoms with Gasteiger partial charge in [0.2, 0.25) is 11.8 Å². The standard InChI is InChI=1S/C18H32BrN3O6/c1-10(2)12(19)13(23)22-18(6,7)15(25)21-11(14(24)27-8)9-20-16(26)28-17(3,4)5/h10-12H,9H2,1-8H3,(H,20,26)(H,21,25)(H,22,23)/t11-,12+/m0/s1. The van der Waals surface area contributed by atoms with Crippen LogP contribution in [0.15, 0.2) is 0 Å². The van der Waals surface area contributed by atoms with E-state index in [-0.39, 0.29) is 18.4 Å². The number of methoxy groups -OCH3 is 1. The van der Waals surface area contributed by atoms with Crippen molar-refractivity contribution < 1.29 is 28.7 Å². The zero-order valence-electron chi connectivity index (χ0n) is 17.8. The molecule has 0 aromatic carbocycles. The van der Waals surface area contributed by atoms with Crippen molar-refractivity contribution in [1.82, 2.24) is 16.0 Å². The molecule has 0 saturated heterocycles. The van der Waals surface area contributed by atoms with Crippen LogP contribution < -0.4 is 16.0 Å². The van der Waals surface area contributed by atoms with E-state index in [1.54, 1.807) is 20.8 Å². The zero-order chi connectivity index (χ0) is 22.3. The average Bonchev–Trinajstić information content (AvgIpc) is 2.54. The predicted molar refractivity (Wildman–Crippen MR) is 108 cm³/mol. The Labute approximate surface area is 174 Å². The van der Waals surface area contributed by atoms with Gasteiger partial charge in [0.1, 0.15) is 17.2 Å². The number of alkyl carbamates (subject to hydrolysis) is 1. The number of alkyl halides is 1. The Morgan fingerprint density at radius 2 is 1.57 bits per heavy atom. The average molecular weight is 466 g/mol. The molecule has 0 bridgehead atoms. The molecule has 0 fully saturated rings. The van der Waals surface area contributed by atoms with Gasteiger partial charge in [-0.15, -0.1) is 0 Å². The number of halogens is 1. The van der Waals surface area contributed by atoms with Gasteiger partial charge in [-0.2, -0.15) is 0 Å². The molecule has 10 heteroatoms. The molecule has 0 heterocycles. The van der Waals surface area contributed by atoms with E-state index in [1.807, 2.05) is 13.8 Å². The molecule has 0 rings (SSSR count). The molecule has 0 unspecified atom stereocenters. The van der Waals surface area contributed by atoms with Crippen LogP contribution in [0.2, 0.25) is 0 Å². The molecule has 0 aliphatic heterocycles. The van der Waals surface area contributed by atoms with E-state index in [9.17, 15) is 19.2 Å². The maximum atomic E-state index is 12.6. The SMILES string of the molecule is COC(=O)[C@H](CNC(=O)OC(C)(C)C)NC(=O)C(C)(C)NC(=O)[C@H](Br)C(C)C. The fourth-order valence-electron chi connectivity index (χ4n) is 1.91. The highest BCUT2D eigenvalue weighted by atomic mass is 79.9. The summed E-state index contributed by atoms with van der Waals surface area (Å²) < 4.78 is 9.77. The summed E-state index contributed by atoms with van der Waals surface area (Å²) in [6.45, 7) is 11.6. The Hall–Kier alpha value is -1.84. The summed E-state index contributed by atoms with van der Waals surface area (Å²) in [5.74, 6) is -1.67. The monoisotopic (exact) mass is 465 g/mol. The second-order valence-electron chi connectivity index (χ2n) is 8.19. The minimum absolute atomic E-state index is 0.0275. The Kier molecular flexibility index (Phi) is 9.94. The molecule has 9 nitrogen and oxygen atoms in total. The van der Waals surface area contributed by atoms with Gasteiger partial charge in [-0.1, -0.05) is 29.8 Å². The van der Waals surface area contributed by atoms with Crippen LogP contribution in [0.1, 0.15) is 48.5 Å². The first-order chi connectivity index (χ1) is 12.6. The molecule has 0 aromatic rings. The number of carbonyl (C=O) groups excluding carboxylic acids is 4. The third kappa shape index (κ3) is 9.38. The van der Waals surface area contributed by atoms with Crippen LogP contribution in [-0.2, 0) is 23.9 Å². The van der Waals surface area contributed by atoms with Crippen LogP contribution in [0.4, 0.5) is 4.79 Å². The summed E-state index contributed by atoms with van der Waals surface area (Å²) in [5.41, 5.74) is -2.00. The number of rotatable bonds is 8. The minimum Gasteiger partial charge on any atom is -0.467 e. The van der Waals surface area contributed by atoms with E-state index in [4.69, 9.17) is 4.74 Å². The molecule has 28 heavy (non-hydrogen) atoms. The van der Waals surface area contributed by atoms with Gasteiger partial charge in [-0.25, -0.2) is 9.59 Å². The normalized spacial score (nSPS) is 13.9. The van der Waals surface area contributed by atoms with E-state index in [2.05, 4.69) is 36.6 Å². The van der Waals surface area contributed by atoms with Crippen LogP contribution in [0.25, 0.3) is 0 Å². The molecule has 3 N–H and O–H groups in total. The maximum absolute atomic E-state index is 12.6. The number of hydrogen-bond donors (Lipinski definition) is 3. The Bertz CT molecular complexity index is 586. The van der Waals surface area contributed by atoms with Crippen molar-refractivity contribution in [1.29, 1.82) is 0 Å². The van der Waals surface area contributed by atoms with Crippen molar-refractivity contribution in [3.63, 3.8) is 0 Å². The number of hydrogen-bond acceptors (Lipinski definition) is 6. The summed E-state index contributed by atoms with van der Waals surface area (Å²) >= 11 is 3.28. The van der Waals surface area contributed by atoms with E-state index in [0.29, 0.717) is 0 Å². The smallest absolute Gasteiger partial charge is 0.407 e. The lowest BCUT2D eigenvalue weighted by Gasteiger charge is -2.29. The summed E-state index contributed by atoms with van der Waals surface area (Å²) in [5, 5.41) is 7.53. The Morgan fingerprint density at radius 1 is 1.04 bits per heavy atom. The van der Waals surface area contributed by atoms with Crippen molar-refractivity contribution in [2.24, 2.45) is 5.92 Å². The molecule has 0 aliphatic rings. The van der Waals surface area contributed by atoms with Crippen LogP contribution in [0, 0.1) is 5.92 Å². The highest BCUT2D eigenvalue weighted by molar-refractivity contribution is 9.10. The van der Waals surface area contributed by atoms with Gasteiger partial charge in [-0.05, 0) is 40.5 Å². The number of ether oxygens (including phenoxy) is 2. The van der Waals surface area contributed by atoms with E-state index < -0.39 is 40.0 Å². The second kappa shape index (κ2) is 10.6. The van der Waals surface area contributed by atoms with Crippen LogP contribution in [0.3, 0.4) is 0 Å². The maximum Gasteiger partial charge on any atom is 0.407 e. The van der Waals surface area contributed by atoms with E-state index >= 15 is 0 Å². The number of carbonyl (C=O) groups is 4. The van der Waals surface area contributed by atoms with Crippen LogP contribution in [0.5, 0.6) is 0 Å². The number of nitrogens with one attached hydrogen (secondary N) is 3. The van der Waals surface area contributed by atoms with Crippen molar-refractivity contribution in [2.45, 2.75) is 70.5 Å². The van der Waals surface area contributed by atoms with Crippen molar-refractivity contribution >= 4 is 39.8 Å². The molecule has 0 spiro atoms. The molecular formula is C18H32BrN3O6. The highest BCUT2D eigenvalue weighted by Crippen LogP contribution is 2.14. The summed E-state index contributed by atoms with van der Waals surface area (Å²) in [4.78, 5) is 48.1. The fourth-order valence-corrected chi connectivity index (χ4v) is 2.02. The Balaban J connectivity index is 5.03. The Morgan fingerprint density at radius 3 is 2.00 bits per heavy atom. The highest BCUT2D eigenvalue weighted by Gasteiger charge is 2.35. The van der Waals surface area contributed by atoms with E-state index in [0.717, 1.165) is 0 Å². The fraction of sp³-hybridized carbons (Fsp3) is 0.778. The zero-order valence-corrected chi connectivity index (χ0v) is 19.4. The van der Waals surface area contributed by atoms with Gasteiger partial charge in [0, 0.05) is 0 Å². The first kappa shape index (κ1) is 26.2. The van der Waals surface area contributed by atoms with Gasteiger partial charge in [-0.3, -0.25) is 9.59 Å². The van der Waals surface area contributed by atoms with E-state index in [1.165, 1.54) is 21.0 Å². The second-order valence-corrected chi connectivity index (χ2v) is 9.18. The molecular weight excluding hydrogens is 434 g/mol. The van der Waals surface area contributed by atoms with Crippen LogP contribution >= 0.6 is 15.9 Å². The molecule has 0 aromatic heterocycles. The quantitative estimate of drug-likeness (QED) is 0.368. The number of amides is 3. The molecule has 0 aliphatic carbocycles. The van der Waals surface area contributed by atoms with Gasteiger partial charge in [0.05, 0.1) is 18.5 Å². The first-order valence-corrected chi connectivity index (χ1v) is 9.84. The first-order valence-electron chi connectivity index (χ1n) is 8.92. The lowest BCUT2D eigenvalue weighted by atomic mass is 10.0. The van der Waals surface area contributed by atoms with Crippen LogP contribution in [-0.4, -0.2) is 59.5 Å². The minimum atomic E-state index is -1.30. The van der Waals surface area contributed by atoms with Gasteiger partial charge >= 0.3 is 12.1 Å². The van der Waals surface area contributed by atoms with Gasteiger partial charge < -0.3 is 25.4 Å². The summed E-state index contributed by atoms with van der Waals surface area (Å²) in [6.07, 6.45) is -0.734. The van der Waals surface area contributed by atoms with Crippen molar-refractivity contribution in [2.75, 3.05) is 13.7 Å². The third-order valence-corrected chi connectivity index (χ3v) is 4.95. The molecule has 3 amide bonds. The summed E-state index contributed by atoms with van der Waals surface area (Å²) in [7, 11) is 1.17. The topological polar surface area (TPSA) is 123 Å². The van der Waals surface area contributed by atoms with Crippen molar-refractivity contribution in [3.8, 4) is 0 Å². The molecule has 0 radical (unpaired) electrons. The van der Waals surface area contributed by atoms with Gasteiger partial charge in [0.15, 0.2) is 0 Å². The molecule has 2 atom stereocenters. The summed E-state index contributed by atoms with van der Waals surface area (Å²) in [6, 6.07) is -1.15. The predicted octanol–water partition coefficient (Wildman–Crippen LogP) is 1.48. The third-order valence-electron chi connectivity index (χ3n) is 3.48. The molecule has 0 saturated carbocycles. The molecule has 162 valence electrons. The lowest BCUT2D eigenvalue weighted by molar-refractivity contribution is -0.145. The largest absolute Gasteiger partial charge is 0.467 e. The number of esters is 1. The van der Waals surface area contributed by atoms with Crippen molar-refractivity contribution in [3.05, 3.63) is 0 Å².